The van der Waals surface area contributed by atoms with Gasteiger partial charge < -0.3 is 15.7 Å². The van der Waals surface area contributed by atoms with Gasteiger partial charge >= 0.3 is 0 Å². The summed E-state index contributed by atoms with van der Waals surface area (Å²) >= 11 is 0. The highest BCUT2D eigenvalue weighted by Gasteiger charge is 2.54. The molecule has 30 heavy (non-hydrogen) atoms. The number of rotatable bonds is 3. The number of aliphatic hydroxyl groups is 1. The zero-order valence-electron chi connectivity index (χ0n) is 15.9. The Morgan fingerprint density at radius 3 is 2.70 bits per heavy atom. The molecule has 1 aromatic rings. The molecule has 0 aromatic heterocycles. The molecule has 2 saturated carbocycles. The molecule has 0 radical (unpaired) electrons. The van der Waals surface area contributed by atoms with Gasteiger partial charge in [0.25, 0.3) is 15.9 Å². The van der Waals surface area contributed by atoms with Crippen LogP contribution in [0.3, 0.4) is 0 Å². The monoisotopic (exact) mass is 452 g/mol. The number of carbonyl (C=O) groups is 1. The Morgan fingerprint density at radius 2 is 1.97 bits per heavy atom. The van der Waals surface area contributed by atoms with E-state index in [1.165, 1.54) is 12.1 Å². The molecule has 4 unspecified atom stereocenters. The summed E-state index contributed by atoms with van der Waals surface area (Å²) in [5, 5.41) is 16.6. The Balaban J connectivity index is 1.55. The van der Waals surface area contributed by atoms with E-state index in [9.17, 15) is 26.7 Å². The summed E-state index contributed by atoms with van der Waals surface area (Å²) < 4.78 is 54.3. The lowest BCUT2D eigenvalue weighted by Gasteiger charge is -2.36. The summed E-state index contributed by atoms with van der Waals surface area (Å²) in [6.45, 7) is 0. The number of anilines is 2. The zero-order chi connectivity index (χ0) is 21.4. The third kappa shape index (κ3) is 2.97. The Hall–Kier alpha value is -2.60. The van der Waals surface area contributed by atoms with Gasteiger partial charge in [-0.1, -0.05) is 0 Å². The maximum atomic E-state index is 12.8. The van der Waals surface area contributed by atoms with Gasteiger partial charge in [0, 0.05) is 17.6 Å². The van der Waals surface area contributed by atoms with Crippen molar-refractivity contribution in [2.24, 2.45) is 22.2 Å². The first kappa shape index (κ1) is 19.4. The van der Waals surface area contributed by atoms with E-state index in [0.717, 1.165) is 31.6 Å². The molecule has 4 atom stereocenters. The van der Waals surface area contributed by atoms with E-state index < -0.39 is 26.0 Å². The van der Waals surface area contributed by atoms with Gasteiger partial charge in [0.2, 0.25) is 10.0 Å². The van der Waals surface area contributed by atoms with Crippen molar-refractivity contribution in [2.75, 3.05) is 16.3 Å². The summed E-state index contributed by atoms with van der Waals surface area (Å²) in [4.78, 5) is 12.5. The van der Waals surface area contributed by atoms with E-state index in [2.05, 4.69) is 19.8 Å². The minimum Gasteiger partial charge on any atom is -0.511 e. The number of aliphatic hydroxyl groups excluding tert-OH is 1. The van der Waals surface area contributed by atoms with Crippen molar-refractivity contribution in [3.8, 4) is 0 Å². The Kier molecular flexibility index (Phi) is 4.00. The van der Waals surface area contributed by atoms with Gasteiger partial charge in [0.1, 0.15) is 16.2 Å². The third-order valence-electron chi connectivity index (χ3n) is 6.28. The smallest absolute Gasteiger partial charge is 0.286 e. The fraction of sp³-hybridized carbons (Fsp3) is 0.444. The van der Waals surface area contributed by atoms with E-state index >= 15 is 0 Å². The Bertz CT molecular complexity index is 1250. The first-order chi connectivity index (χ1) is 14.0. The second-order valence-corrected chi connectivity index (χ2v) is 11.6. The molecule has 2 bridgehead atoms. The lowest BCUT2D eigenvalue weighted by molar-refractivity contribution is -0.119. The highest BCUT2D eigenvalue weighted by molar-refractivity contribution is 7.92. The van der Waals surface area contributed by atoms with E-state index in [1.807, 2.05) is 0 Å². The maximum Gasteiger partial charge on any atom is 0.286 e. The van der Waals surface area contributed by atoms with Crippen LogP contribution in [-0.2, 0) is 24.8 Å². The molecule has 10 nitrogen and oxygen atoms in total. The summed E-state index contributed by atoms with van der Waals surface area (Å²) in [7, 11) is -7.82. The van der Waals surface area contributed by atoms with Crippen LogP contribution in [0.2, 0.25) is 0 Å². The maximum absolute atomic E-state index is 12.8. The van der Waals surface area contributed by atoms with Crippen LogP contribution in [0.4, 0.5) is 11.4 Å². The van der Waals surface area contributed by atoms with Crippen molar-refractivity contribution in [2.45, 2.75) is 30.2 Å². The van der Waals surface area contributed by atoms with Crippen molar-refractivity contribution >= 4 is 43.2 Å². The average molecular weight is 453 g/mol. The summed E-state index contributed by atoms with van der Waals surface area (Å²) in [5.74, 6) is -0.542. The second-order valence-electron chi connectivity index (χ2n) is 8.24. The predicted octanol–water partition coefficient (Wildman–Crippen LogP) is 0.927. The first-order valence-electron chi connectivity index (χ1n) is 9.52. The van der Waals surface area contributed by atoms with Crippen molar-refractivity contribution in [3.05, 3.63) is 29.5 Å². The molecule has 1 amide bonds. The largest absolute Gasteiger partial charge is 0.511 e. The molecule has 0 spiro atoms. The molecule has 4 aliphatic rings. The molecule has 5 rings (SSSR count). The molecular weight excluding hydrogens is 432 g/mol. The van der Waals surface area contributed by atoms with Crippen LogP contribution in [0.5, 0.6) is 0 Å². The second kappa shape index (κ2) is 6.20. The number of amidine groups is 1. The number of amides is 1. The van der Waals surface area contributed by atoms with Crippen molar-refractivity contribution < 1.29 is 26.7 Å². The Morgan fingerprint density at radius 1 is 1.23 bits per heavy atom. The lowest BCUT2D eigenvalue weighted by atomic mass is 9.79. The van der Waals surface area contributed by atoms with E-state index in [4.69, 9.17) is 0 Å². The van der Waals surface area contributed by atoms with Gasteiger partial charge in [-0.05, 0) is 49.3 Å². The van der Waals surface area contributed by atoms with Gasteiger partial charge in [-0.15, -0.1) is 4.40 Å². The highest BCUT2D eigenvalue weighted by Crippen LogP contribution is 2.52. The SMILES string of the molecule is CS(=O)(=O)Nc1ccc2c(c1)S(=O)(=O)N=C(C1=C(O)C3C4CCC(C4)C3NC1=O)N2. The van der Waals surface area contributed by atoms with Crippen molar-refractivity contribution in [1.82, 2.24) is 5.32 Å². The number of benzene rings is 1. The van der Waals surface area contributed by atoms with Gasteiger partial charge in [-0.3, -0.25) is 9.52 Å². The average Bonchev–Trinajstić information content (AvgIpc) is 3.22. The van der Waals surface area contributed by atoms with Gasteiger partial charge in [0.15, 0.2) is 5.84 Å². The summed E-state index contributed by atoms with van der Waals surface area (Å²) in [6, 6.07) is 3.80. The number of nitrogens with one attached hydrogen (secondary N) is 3. The molecular formula is C18H20N4O6S2. The lowest BCUT2D eigenvalue weighted by Crippen LogP contribution is -2.51. The Labute approximate surface area is 173 Å². The first-order valence-corrected chi connectivity index (χ1v) is 12.8. The van der Waals surface area contributed by atoms with Crippen LogP contribution in [0.1, 0.15) is 19.3 Å². The summed E-state index contributed by atoms with van der Waals surface area (Å²) in [6.07, 6.45) is 3.87. The third-order valence-corrected chi connectivity index (χ3v) is 8.20. The number of fused-ring (bicyclic) bond motifs is 6. The number of carbonyl (C=O) groups excluding carboxylic acids is 1. The molecule has 4 N–H and O–H groups in total. The van der Waals surface area contributed by atoms with Crippen LogP contribution in [0, 0.1) is 17.8 Å². The minimum absolute atomic E-state index is 0.0718. The molecule has 2 heterocycles. The molecule has 160 valence electrons. The minimum atomic E-state index is -4.23. The van der Waals surface area contributed by atoms with Crippen LogP contribution < -0.4 is 15.4 Å². The van der Waals surface area contributed by atoms with Crippen molar-refractivity contribution in [1.29, 1.82) is 0 Å². The molecule has 1 aromatic carbocycles. The molecule has 12 heteroatoms. The number of nitrogens with zero attached hydrogens (tertiary/aromatic N) is 1. The van der Waals surface area contributed by atoms with E-state index in [1.54, 1.807) is 0 Å². The standard InChI is InChI=1S/C18H20N4O6S2/c1-29(25,26)21-10-4-5-11-12(7-10)30(27,28)22-17(19-11)14-16(23)13-8-2-3-9(6-8)15(13)20-18(14)24/h4-5,7-9,13,15,21,23H,2-3,6H2,1H3,(H,19,22)(H,20,24). The van der Waals surface area contributed by atoms with E-state index in [0.29, 0.717) is 5.92 Å². The van der Waals surface area contributed by atoms with Gasteiger partial charge in [0.05, 0.1) is 11.9 Å². The molecule has 0 saturated heterocycles. The molecule has 2 aliphatic carbocycles. The zero-order valence-corrected chi connectivity index (χ0v) is 17.5. The number of sulfonamides is 2. The fourth-order valence-corrected chi connectivity index (χ4v) is 6.88. The van der Waals surface area contributed by atoms with Crippen LogP contribution >= 0.6 is 0 Å². The van der Waals surface area contributed by atoms with Gasteiger partial charge in [-0.25, -0.2) is 8.42 Å². The normalized spacial score (nSPS) is 31.4. The van der Waals surface area contributed by atoms with Crippen molar-refractivity contribution in [3.63, 3.8) is 0 Å². The fourth-order valence-electron chi connectivity index (χ4n) is 5.17. The topological polar surface area (TPSA) is 154 Å². The van der Waals surface area contributed by atoms with Crippen LogP contribution in [0.25, 0.3) is 0 Å². The van der Waals surface area contributed by atoms with E-state index in [-0.39, 0.29) is 51.3 Å². The molecule has 2 aliphatic heterocycles. The number of hydrogen-bond donors (Lipinski definition) is 4. The van der Waals surface area contributed by atoms with Gasteiger partial charge in [-0.2, -0.15) is 8.42 Å². The van der Waals surface area contributed by atoms with Crippen LogP contribution in [0.15, 0.2) is 38.8 Å². The number of hydrogen-bond acceptors (Lipinski definition) is 7. The quantitative estimate of drug-likeness (QED) is 0.532. The molecule has 2 fully saturated rings. The van der Waals surface area contributed by atoms with Crippen LogP contribution in [-0.4, -0.2) is 46.0 Å². The highest BCUT2D eigenvalue weighted by atomic mass is 32.2. The summed E-state index contributed by atoms with van der Waals surface area (Å²) in [5.41, 5.74) is 0.0566. The predicted molar refractivity (Wildman–Crippen MR) is 109 cm³/mol.